The van der Waals surface area contributed by atoms with Gasteiger partial charge in [-0.05, 0) is 160 Å². The number of alkyl carbamates (subject to hydrolysis) is 2. The number of hydrogen-bond acceptors (Lipinski definition) is 28. The van der Waals surface area contributed by atoms with Gasteiger partial charge >= 0.3 is 24.1 Å². The minimum Gasteiger partial charge on any atom is -0.504 e. The van der Waals surface area contributed by atoms with Gasteiger partial charge in [-0.25, -0.2) is 19.2 Å². The van der Waals surface area contributed by atoms with Crippen LogP contribution < -0.4 is 50.1 Å². The highest BCUT2D eigenvalue weighted by molar-refractivity contribution is 8.00. The molecular weight excluding hydrogens is 1640 g/mol. The zero-order valence-corrected chi connectivity index (χ0v) is 73.0. The molecule has 2 amide bonds. The summed E-state index contributed by atoms with van der Waals surface area (Å²) in [6, 6.07) is 20.8. The Morgan fingerprint density at radius 2 is 1.17 bits per heavy atom. The molecule has 656 valence electrons. The van der Waals surface area contributed by atoms with E-state index in [-0.39, 0.29) is 128 Å². The van der Waals surface area contributed by atoms with Gasteiger partial charge < -0.3 is 89.0 Å². The van der Waals surface area contributed by atoms with Gasteiger partial charge in [0, 0.05) is 123 Å². The number of esters is 2. The number of cyclic esters (lactones) is 1. The van der Waals surface area contributed by atoms with Crippen molar-refractivity contribution in [3.05, 3.63) is 187 Å². The predicted molar refractivity (Wildman–Crippen MR) is 465 cm³/mol. The lowest BCUT2D eigenvalue weighted by atomic mass is 9.71. The fraction of sp³-hybridized carbons (Fsp3) is 0.435. The van der Waals surface area contributed by atoms with Gasteiger partial charge in [-0.1, -0.05) is 73.8 Å². The molecule has 1 spiro atoms. The quantitative estimate of drug-likeness (QED) is 0.0237. The average molecular weight is 1740 g/mol. The number of nitriles is 2. The topological polar surface area (TPSA) is 410 Å². The number of piperazine rings is 2. The van der Waals surface area contributed by atoms with Crippen LogP contribution in [0.5, 0.6) is 46.0 Å². The number of thioether (sulfide) groups is 2. The molecule has 0 unspecified atom stereocenters. The molecule has 2 aromatic heterocycles. The lowest BCUT2D eigenvalue weighted by Gasteiger charge is -2.62. The summed E-state index contributed by atoms with van der Waals surface area (Å²) < 4.78 is 58.2. The number of phenols is 2. The lowest BCUT2D eigenvalue weighted by molar-refractivity contribution is -0.158. The molecule has 31 nitrogen and oxygen atoms in total. The molecule has 15 atom stereocenters. The maximum Gasteiger partial charge on any atom is 0.407 e. The molecule has 8 aromatic rings. The van der Waals surface area contributed by atoms with Gasteiger partial charge in [0.25, 0.3) is 5.97 Å². The van der Waals surface area contributed by atoms with Crippen LogP contribution in [-0.4, -0.2) is 222 Å². The summed E-state index contributed by atoms with van der Waals surface area (Å²) in [5, 5.41) is 63.9. The number of likely N-dealkylation sites (N-methyl/N-ethyl adjacent to an activating group) is 2. The summed E-state index contributed by atoms with van der Waals surface area (Å²) >= 11 is 3.02. The first kappa shape index (κ1) is 86.8. The summed E-state index contributed by atoms with van der Waals surface area (Å²) in [7, 11) is 7.19. The Labute approximate surface area is 731 Å². The maximum atomic E-state index is 15.3. The highest BCUT2D eigenvalue weighted by Crippen LogP contribution is 2.66. The van der Waals surface area contributed by atoms with Crippen LogP contribution in [0.4, 0.5) is 9.59 Å². The number of aromatic amines is 2. The number of ketones is 1. The van der Waals surface area contributed by atoms with E-state index in [2.05, 4.69) is 109 Å². The summed E-state index contributed by atoms with van der Waals surface area (Å²) in [5.41, 5.74) is 22.5. The highest BCUT2D eigenvalue weighted by atomic mass is 32.2. The molecule has 8 bridgehead atoms. The number of carboxylic acids is 1. The molecule has 4 saturated heterocycles. The van der Waals surface area contributed by atoms with Crippen molar-refractivity contribution >= 4 is 81.2 Å². The Bertz CT molecular complexity index is 5800. The maximum absolute atomic E-state index is 15.3. The Morgan fingerprint density at radius 1 is 0.672 bits per heavy atom. The smallest absolute Gasteiger partial charge is 0.407 e. The number of H-pyrrole nitrogens is 2. The average Bonchev–Trinajstić information content (AvgIpc) is 1.39. The molecule has 12 aliphatic heterocycles. The van der Waals surface area contributed by atoms with Crippen molar-refractivity contribution < 1.29 is 91.5 Å². The van der Waals surface area contributed by atoms with Crippen LogP contribution in [0.15, 0.2) is 92.2 Å². The number of carboxylic acid groups (broad SMARTS) is 1. The van der Waals surface area contributed by atoms with E-state index in [9.17, 15) is 39.9 Å². The van der Waals surface area contributed by atoms with Crippen LogP contribution in [0.2, 0.25) is 0 Å². The number of amides is 2. The zero-order valence-electron chi connectivity index (χ0n) is 71.4. The molecule has 125 heavy (non-hydrogen) atoms. The number of aryl methyl sites for hydroxylation is 2. The number of nitrogens with zero attached hydrogens (tertiary/aromatic N) is 6. The van der Waals surface area contributed by atoms with Crippen molar-refractivity contribution in [3.63, 3.8) is 0 Å². The van der Waals surface area contributed by atoms with Gasteiger partial charge in [0.2, 0.25) is 19.4 Å². The number of Topliss-reactive ketones (excluding diaryl/α,β-unsaturated/α-hetero) is 1. The Kier molecular flexibility index (Phi) is 24.3. The Morgan fingerprint density at radius 3 is 1.70 bits per heavy atom. The van der Waals surface area contributed by atoms with Crippen molar-refractivity contribution in [2.45, 2.75) is 163 Å². The van der Waals surface area contributed by atoms with E-state index < -0.39 is 65.6 Å². The van der Waals surface area contributed by atoms with Crippen molar-refractivity contribution in [3.8, 4) is 58.1 Å². The van der Waals surface area contributed by atoms with Crippen LogP contribution in [-0.2, 0) is 69.3 Å². The first-order valence-electron chi connectivity index (χ1n) is 41.6. The zero-order chi connectivity index (χ0) is 88.6. The second kappa shape index (κ2) is 35.0. The molecule has 0 saturated carbocycles. The van der Waals surface area contributed by atoms with E-state index >= 15 is 4.79 Å². The van der Waals surface area contributed by atoms with E-state index in [1.165, 1.54) is 23.9 Å². The number of para-hydroxylation sites is 2. The summed E-state index contributed by atoms with van der Waals surface area (Å²) in [4.78, 5) is 89.5. The van der Waals surface area contributed by atoms with Gasteiger partial charge in [-0.2, -0.15) is 10.5 Å². The normalized spacial score (nSPS) is 25.8. The van der Waals surface area contributed by atoms with Gasteiger partial charge in [0.05, 0.1) is 62.0 Å². The number of carbonyl (C=O) groups is 6. The summed E-state index contributed by atoms with van der Waals surface area (Å²) in [6.07, 6.45) is 6.25. The molecule has 4 fully saturated rings. The number of methoxy groups -OCH3 is 2. The van der Waals surface area contributed by atoms with Crippen molar-refractivity contribution in [1.82, 2.24) is 45.5 Å². The van der Waals surface area contributed by atoms with E-state index in [0.717, 1.165) is 123 Å². The predicted octanol–water partition coefficient (Wildman–Crippen LogP) is 10.6. The third-order valence-electron chi connectivity index (χ3n) is 26.5. The number of ether oxygens (including phenoxy) is 10. The molecule has 14 heterocycles. The Hall–Kier alpha value is -11.7. The fourth-order valence-electron chi connectivity index (χ4n) is 21.1. The minimum absolute atomic E-state index is 0.0582. The van der Waals surface area contributed by atoms with Gasteiger partial charge in [-0.15, -0.1) is 23.5 Å². The van der Waals surface area contributed by atoms with Crippen LogP contribution in [0, 0.1) is 64.2 Å². The highest BCUT2D eigenvalue weighted by Gasteiger charge is 2.64. The van der Waals surface area contributed by atoms with Crippen molar-refractivity contribution in [2.75, 3.05) is 92.9 Å². The van der Waals surface area contributed by atoms with E-state index in [0.29, 0.717) is 66.7 Å². The molecule has 12 aliphatic rings. The molecular formula is C92H102N12O19S2. The van der Waals surface area contributed by atoms with Crippen LogP contribution in [0.1, 0.15) is 136 Å². The first-order chi connectivity index (χ1) is 60.1. The van der Waals surface area contributed by atoms with Crippen LogP contribution in [0.3, 0.4) is 0 Å². The number of hydrogen-bond donors (Lipinski definition) is 9. The molecule has 20 rings (SSSR count). The third kappa shape index (κ3) is 14.9. The molecule has 0 radical (unpaired) electrons. The first-order valence-corrected chi connectivity index (χ1v) is 43.7. The standard InChI is InChI=1S/C45H48N6O8S.C30H31N3O7S.C15H19N3O2.C2H4O2/c1-7-12-56-44(54)47-17-25-15-27-26-10-8-9-11-28(26)48-42(27)45(49-25)19-60-41-32-22(3)23(4)39-40(59-20-58-39)34(32)31(18-57-43(45)53)51-30(16-46)29-14-24-13-21(2)38(55-6)37(52)33(24)35(36(41)51)50(29)5;1-12-6-15-7-16-17(8-31)33-18-9-38-30(36)19(34)10-41-29(20-13(2)14(3)27-28(22(18)20)40-11-39-27)24(33)23(32(16)4)21(15)25(35)26(12)37-5;1-2-7-20-15(19)18-10-12(16)8-11-9-17-14-6-4-3-5-13(11)14;1-2(3)4/h7-11,13,25,29-31,35-36,41,48-49,52H,1,12,14-15,17-20H2,2-6H3,(H,47,54);6,16-18,23-24,29,35H,7,9-11H2,1-5H3;2-6,9,12,17H,1,7-8,10,16H2,(H,18,19);1H3,(H,3,4)/t25-,29+,30+,31+,35-,36-,41-,45-;16-,17-,18-,23+,24+,29+;12-;/m101./s1. The molecule has 10 N–H and O–H groups in total. The number of aromatic nitrogens is 2. The number of benzene rings is 6. The lowest BCUT2D eigenvalue weighted by Crippen LogP contribution is -2.70. The monoisotopic (exact) mass is 1740 g/mol. The molecule has 0 aliphatic carbocycles. The van der Waals surface area contributed by atoms with Gasteiger partial charge in [0.15, 0.2) is 51.5 Å². The second-order valence-electron chi connectivity index (χ2n) is 33.3. The van der Waals surface area contributed by atoms with Crippen LogP contribution >= 0.6 is 23.5 Å². The largest absolute Gasteiger partial charge is 0.504 e. The third-order valence-corrected chi connectivity index (χ3v) is 29.3. The molecule has 33 heteroatoms. The number of aliphatic carboxylic acids is 1. The number of nitrogens with two attached hydrogens (primary N) is 1. The van der Waals surface area contributed by atoms with Gasteiger partial charge in [0.1, 0.15) is 38.5 Å². The number of carbonyl (C=O) groups excluding carboxylic acids is 5. The fourth-order valence-corrected chi connectivity index (χ4v) is 24.3. The number of fused-ring (bicyclic) bond motifs is 21. The second-order valence-corrected chi connectivity index (χ2v) is 35.6. The molecule has 6 aromatic carbocycles. The van der Waals surface area contributed by atoms with Crippen molar-refractivity contribution in [1.29, 1.82) is 10.5 Å². The Balaban J connectivity index is 0.000000152. The summed E-state index contributed by atoms with van der Waals surface area (Å²) in [6.45, 7) is 21.0. The number of aromatic hydroxyl groups is 2. The van der Waals surface area contributed by atoms with E-state index in [1.807, 2.05) is 84.3 Å². The van der Waals surface area contributed by atoms with Crippen LogP contribution in [0.25, 0.3) is 21.8 Å². The minimum atomic E-state index is -1.37. The van der Waals surface area contributed by atoms with Crippen molar-refractivity contribution in [2.24, 2.45) is 5.73 Å². The number of phenolic OH excluding ortho intramolecular Hbond substituents is 2. The summed E-state index contributed by atoms with van der Waals surface area (Å²) in [5.74, 6) is 1.05. The van der Waals surface area contributed by atoms with Gasteiger partial charge in [-0.3, -0.25) is 34.5 Å². The SMILES string of the molecule is C=CCOC(=O)NC[C@H](N)Cc1c[nH]c2ccccc12.C=CCOC(=O)NC[C@H]1Cc2c([nH]c3ccccc23)[C@@]2(CS[C@@H]3c4c(C)c(C)c5c(c4[C@H](COC2=O)N2[C@@H]3[C@H]3c4c(cc(C)c(OC)c4O)C[C@@H]([C@@H]2C#N)N3C)OCO5)N1.CC(=O)O.COc1c(C)cc2c(c1O)[C@@H]1[C@@H]3[C@@H]4SCC(=O)C(=O)OC[C@@H](c5c6c(c(C)c(C)c54)OCO6)N3[C@@H](C#N)[C@H](C2)N1C. The number of rotatable bonds is 12. The number of nitrogens with one attached hydrogen (secondary N) is 5. The van der Waals surface area contributed by atoms with E-state index in [1.54, 1.807) is 26.0 Å². The van der Waals surface area contributed by atoms with E-state index in [4.69, 9.17) is 63.0 Å².